The SMILES string of the molecule is CC(C)n1nccc1NC(=O)[C@H](C)OC(=O)C[C@@H](NC(N)=O)c1ccc(Cl)cc1. The molecule has 0 unspecified atom stereocenters. The van der Waals surface area contributed by atoms with Gasteiger partial charge in [-0.05, 0) is 38.5 Å². The molecule has 0 bridgehead atoms. The van der Waals surface area contributed by atoms with Crippen LogP contribution in [0.5, 0.6) is 0 Å². The van der Waals surface area contributed by atoms with E-state index < -0.39 is 30.1 Å². The number of carbonyl (C=O) groups is 3. The second kappa shape index (κ2) is 9.92. The molecular formula is C19H24ClN5O4. The molecule has 29 heavy (non-hydrogen) atoms. The van der Waals surface area contributed by atoms with Crippen LogP contribution in [0.15, 0.2) is 36.5 Å². The van der Waals surface area contributed by atoms with Gasteiger partial charge in [0.15, 0.2) is 6.10 Å². The van der Waals surface area contributed by atoms with Crippen LogP contribution in [0, 0.1) is 0 Å². The quantitative estimate of drug-likeness (QED) is 0.564. The van der Waals surface area contributed by atoms with E-state index in [0.29, 0.717) is 16.4 Å². The molecule has 2 aromatic rings. The van der Waals surface area contributed by atoms with Crippen LogP contribution >= 0.6 is 11.6 Å². The van der Waals surface area contributed by atoms with Gasteiger partial charge in [-0.2, -0.15) is 5.10 Å². The molecule has 2 atom stereocenters. The number of nitrogens with zero attached hydrogens (tertiary/aromatic N) is 2. The number of amides is 3. The maximum Gasteiger partial charge on any atom is 0.312 e. The fourth-order valence-electron chi connectivity index (χ4n) is 2.64. The topological polar surface area (TPSA) is 128 Å². The lowest BCUT2D eigenvalue weighted by Gasteiger charge is -2.19. The minimum absolute atomic E-state index is 0.0539. The van der Waals surface area contributed by atoms with E-state index in [-0.39, 0.29) is 12.5 Å². The molecule has 0 radical (unpaired) electrons. The first-order chi connectivity index (χ1) is 13.7. The summed E-state index contributed by atoms with van der Waals surface area (Å²) in [5.74, 6) is -0.660. The fourth-order valence-corrected chi connectivity index (χ4v) is 2.76. The van der Waals surface area contributed by atoms with E-state index in [1.807, 2.05) is 13.8 Å². The summed E-state index contributed by atoms with van der Waals surface area (Å²) in [7, 11) is 0. The smallest absolute Gasteiger partial charge is 0.312 e. The zero-order valence-electron chi connectivity index (χ0n) is 16.4. The molecule has 3 amide bonds. The summed E-state index contributed by atoms with van der Waals surface area (Å²) in [4.78, 5) is 36.0. The summed E-state index contributed by atoms with van der Waals surface area (Å²) in [6.45, 7) is 5.31. The molecule has 156 valence electrons. The average molecular weight is 422 g/mol. The lowest BCUT2D eigenvalue weighted by molar-refractivity contribution is -0.153. The molecule has 10 heteroatoms. The van der Waals surface area contributed by atoms with Crippen LogP contribution in [-0.4, -0.2) is 33.8 Å². The van der Waals surface area contributed by atoms with E-state index in [1.165, 1.54) is 6.92 Å². The number of hydrogen-bond donors (Lipinski definition) is 3. The maximum atomic E-state index is 12.4. The molecule has 0 aliphatic carbocycles. The van der Waals surface area contributed by atoms with E-state index in [4.69, 9.17) is 22.1 Å². The number of benzene rings is 1. The van der Waals surface area contributed by atoms with Crippen molar-refractivity contribution in [3.63, 3.8) is 0 Å². The zero-order valence-corrected chi connectivity index (χ0v) is 17.1. The fraction of sp³-hybridized carbons (Fsp3) is 0.368. The molecular weight excluding hydrogens is 398 g/mol. The number of rotatable bonds is 8. The number of primary amides is 1. The lowest BCUT2D eigenvalue weighted by atomic mass is 10.0. The molecule has 0 aliphatic heterocycles. The van der Waals surface area contributed by atoms with Crippen LogP contribution in [0.1, 0.15) is 44.8 Å². The standard InChI is InChI=1S/C19H24ClN5O4/c1-11(2)25-16(8-9-22-25)24-18(27)12(3)29-17(26)10-15(23-19(21)28)13-4-6-14(20)7-5-13/h4-9,11-12,15H,10H2,1-3H3,(H,24,27)(H3,21,23,28)/t12-,15+/m0/s1. The molecule has 1 aromatic heterocycles. The highest BCUT2D eigenvalue weighted by molar-refractivity contribution is 6.30. The molecule has 1 heterocycles. The Balaban J connectivity index is 1.99. The van der Waals surface area contributed by atoms with E-state index >= 15 is 0 Å². The summed E-state index contributed by atoms with van der Waals surface area (Å²) in [6, 6.07) is 6.80. The Kier molecular flexibility index (Phi) is 7.60. The number of aromatic nitrogens is 2. The van der Waals surface area contributed by atoms with Crippen molar-refractivity contribution in [1.82, 2.24) is 15.1 Å². The first kappa shape index (κ1) is 22.2. The Morgan fingerprint density at radius 1 is 1.17 bits per heavy atom. The lowest BCUT2D eigenvalue weighted by Crippen LogP contribution is -2.36. The molecule has 0 spiro atoms. The van der Waals surface area contributed by atoms with Gasteiger partial charge < -0.3 is 21.1 Å². The summed E-state index contributed by atoms with van der Waals surface area (Å²) in [5, 5.41) is 9.81. The number of halogens is 1. The number of nitrogens with one attached hydrogen (secondary N) is 2. The van der Waals surface area contributed by atoms with Gasteiger partial charge in [0.2, 0.25) is 0 Å². The highest BCUT2D eigenvalue weighted by atomic mass is 35.5. The van der Waals surface area contributed by atoms with Crippen molar-refractivity contribution in [3.05, 3.63) is 47.1 Å². The summed E-state index contributed by atoms with van der Waals surface area (Å²) < 4.78 is 6.86. The van der Waals surface area contributed by atoms with E-state index in [2.05, 4.69) is 15.7 Å². The Morgan fingerprint density at radius 3 is 2.41 bits per heavy atom. The minimum atomic E-state index is -1.04. The summed E-state index contributed by atoms with van der Waals surface area (Å²) in [5.41, 5.74) is 5.83. The van der Waals surface area contributed by atoms with Crippen molar-refractivity contribution in [2.75, 3.05) is 5.32 Å². The van der Waals surface area contributed by atoms with Crippen LogP contribution in [0.25, 0.3) is 0 Å². The maximum absolute atomic E-state index is 12.4. The highest BCUT2D eigenvalue weighted by Crippen LogP contribution is 2.20. The van der Waals surface area contributed by atoms with Gasteiger partial charge in [0, 0.05) is 17.1 Å². The summed E-state index contributed by atoms with van der Waals surface area (Å²) >= 11 is 5.87. The number of anilines is 1. The molecule has 4 N–H and O–H groups in total. The highest BCUT2D eigenvalue weighted by Gasteiger charge is 2.23. The van der Waals surface area contributed by atoms with E-state index in [9.17, 15) is 14.4 Å². The number of ether oxygens (including phenoxy) is 1. The van der Waals surface area contributed by atoms with Crippen LogP contribution in [-0.2, 0) is 14.3 Å². The Bertz CT molecular complexity index is 866. The van der Waals surface area contributed by atoms with E-state index in [0.717, 1.165) is 0 Å². The van der Waals surface area contributed by atoms with Crippen molar-refractivity contribution < 1.29 is 19.1 Å². The van der Waals surface area contributed by atoms with Gasteiger partial charge in [-0.3, -0.25) is 9.59 Å². The second-order valence-corrected chi connectivity index (χ2v) is 7.13. The van der Waals surface area contributed by atoms with Crippen molar-refractivity contribution in [1.29, 1.82) is 0 Å². The Labute approximate surface area is 173 Å². The molecule has 2 rings (SSSR count). The normalized spacial score (nSPS) is 12.9. The third-order valence-electron chi connectivity index (χ3n) is 4.05. The van der Waals surface area contributed by atoms with Crippen molar-refractivity contribution >= 4 is 35.3 Å². The Hall–Kier alpha value is -3.07. The largest absolute Gasteiger partial charge is 0.452 e. The first-order valence-electron chi connectivity index (χ1n) is 9.02. The van der Waals surface area contributed by atoms with Crippen molar-refractivity contribution in [2.45, 2.75) is 45.4 Å². The third-order valence-corrected chi connectivity index (χ3v) is 4.30. The predicted molar refractivity (Wildman–Crippen MR) is 108 cm³/mol. The molecule has 1 aromatic carbocycles. The molecule has 0 saturated heterocycles. The molecule has 0 aliphatic rings. The van der Waals surface area contributed by atoms with E-state index in [1.54, 1.807) is 41.2 Å². The average Bonchev–Trinajstić information content (AvgIpc) is 3.09. The van der Waals surface area contributed by atoms with Gasteiger partial charge in [0.25, 0.3) is 5.91 Å². The minimum Gasteiger partial charge on any atom is -0.452 e. The molecule has 0 fully saturated rings. The van der Waals surface area contributed by atoms with Crippen LogP contribution in [0.4, 0.5) is 10.6 Å². The molecule has 9 nitrogen and oxygen atoms in total. The van der Waals surface area contributed by atoms with Gasteiger partial charge in [-0.1, -0.05) is 23.7 Å². The monoisotopic (exact) mass is 421 g/mol. The molecule has 0 saturated carbocycles. The van der Waals surface area contributed by atoms with Crippen LogP contribution in [0.2, 0.25) is 5.02 Å². The van der Waals surface area contributed by atoms with Crippen LogP contribution in [0.3, 0.4) is 0 Å². The first-order valence-corrected chi connectivity index (χ1v) is 9.40. The zero-order chi connectivity index (χ0) is 21.6. The third kappa shape index (κ3) is 6.49. The van der Waals surface area contributed by atoms with Gasteiger partial charge in [0.05, 0.1) is 18.7 Å². The van der Waals surface area contributed by atoms with Crippen molar-refractivity contribution in [2.24, 2.45) is 5.73 Å². The van der Waals surface area contributed by atoms with Gasteiger partial charge in [-0.15, -0.1) is 0 Å². The predicted octanol–water partition coefficient (Wildman–Crippen LogP) is 2.79. The van der Waals surface area contributed by atoms with Gasteiger partial charge in [-0.25, -0.2) is 9.48 Å². The number of hydrogen-bond acceptors (Lipinski definition) is 5. The van der Waals surface area contributed by atoms with Crippen molar-refractivity contribution in [3.8, 4) is 0 Å². The van der Waals surface area contributed by atoms with Crippen LogP contribution < -0.4 is 16.4 Å². The summed E-state index contributed by atoms with van der Waals surface area (Å²) in [6.07, 6.45) is 0.322. The number of esters is 1. The second-order valence-electron chi connectivity index (χ2n) is 6.69. The van der Waals surface area contributed by atoms with Gasteiger partial charge >= 0.3 is 12.0 Å². The van der Waals surface area contributed by atoms with Gasteiger partial charge in [0.1, 0.15) is 5.82 Å². The number of urea groups is 1. The number of nitrogens with two attached hydrogens (primary N) is 1. The number of carbonyl (C=O) groups excluding carboxylic acids is 3. The Morgan fingerprint density at radius 2 is 1.83 bits per heavy atom.